The SMILES string of the molecule is CCOC(=O)C(N)OCC. The van der Waals surface area contributed by atoms with E-state index in [1.54, 1.807) is 13.8 Å². The van der Waals surface area contributed by atoms with Crippen molar-refractivity contribution in [2.45, 2.75) is 20.1 Å². The molecule has 1 unspecified atom stereocenters. The molecule has 4 nitrogen and oxygen atoms in total. The van der Waals surface area contributed by atoms with Crippen LogP contribution in [0.2, 0.25) is 0 Å². The van der Waals surface area contributed by atoms with Gasteiger partial charge in [-0.2, -0.15) is 0 Å². The summed E-state index contributed by atoms with van der Waals surface area (Å²) in [5, 5.41) is 0. The molecule has 0 amide bonds. The lowest BCUT2D eigenvalue weighted by atomic mass is 10.6. The molecular formula is C6H13NO3. The third kappa shape index (κ3) is 3.42. The zero-order valence-electron chi connectivity index (χ0n) is 6.29. The molecule has 0 aliphatic carbocycles. The first-order valence-electron chi connectivity index (χ1n) is 3.26. The Morgan fingerprint density at radius 3 is 2.50 bits per heavy atom. The molecule has 10 heavy (non-hydrogen) atoms. The van der Waals surface area contributed by atoms with Crippen molar-refractivity contribution in [1.29, 1.82) is 0 Å². The van der Waals surface area contributed by atoms with Gasteiger partial charge in [-0.05, 0) is 13.8 Å². The van der Waals surface area contributed by atoms with Crippen LogP contribution in [0.5, 0.6) is 0 Å². The van der Waals surface area contributed by atoms with Crippen molar-refractivity contribution < 1.29 is 14.3 Å². The fraction of sp³-hybridized carbons (Fsp3) is 0.833. The second kappa shape index (κ2) is 5.20. The monoisotopic (exact) mass is 147 g/mol. The summed E-state index contributed by atoms with van der Waals surface area (Å²) >= 11 is 0. The van der Waals surface area contributed by atoms with Crippen molar-refractivity contribution in [3.05, 3.63) is 0 Å². The van der Waals surface area contributed by atoms with Crippen LogP contribution in [-0.4, -0.2) is 25.4 Å². The van der Waals surface area contributed by atoms with Crippen LogP contribution in [0.1, 0.15) is 13.8 Å². The zero-order valence-corrected chi connectivity index (χ0v) is 6.29. The molecule has 0 saturated carbocycles. The van der Waals surface area contributed by atoms with Crippen molar-refractivity contribution in [3.8, 4) is 0 Å². The van der Waals surface area contributed by atoms with E-state index >= 15 is 0 Å². The van der Waals surface area contributed by atoms with E-state index in [0.717, 1.165) is 0 Å². The van der Waals surface area contributed by atoms with Crippen molar-refractivity contribution >= 4 is 5.97 Å². The first kappa shape index (κ1) is 9.39. The number of nitrogens with two attached hydrogens (primary N) is 1. The first-order chi connectivity index (χ1) is 4.72. The molecule has 2 N–H and O–H groups in total. The molecule has 0 aliphatic rings. The molecule has 4 heteroatoms. The Morgan fingerprint density at radius 2 is 2.10 bits per heavy atom. The first-order valence-corrected chi connectivity index (χ1v) is 3.26. The summed E-state index contributed by atoms with van der Waals surface area (Å²) in [6.07, 6.45) is -0.926. The van der Waals surface area contributed by atoms with Gasteiger partial charge in [0, 0.05) is 6.61 Å². The van der Waals surface area contributed by atoms with E-state index in [0.29, 0.717) is 13.2 Å². The summed E-state index contributed by atoms with van der Waals surface area (Å²) < 4.78 is 9.33. The Balaban J connectivity index is 3.49. The van der Waals surface area contributed by atoms with Crippen molar-refractivity contribution in [2.75, 3.05) is 13.2 Å². The van der Waals surface area contributed by atoms with Crippen LogP contribution in [0, 0.1) is 0 Å². The van der Waals surface area contributed by atoms with Gasteiger partial charge < -0.3 is 9.47 Å². The molecular weight excluding hydrogens is 134 g/mol. The number of rotatable bonds is 4. The minimum Gasteiger partial charge on any atom is -0.463 e. The Kier molecular flexibility index (Phi) is 4.88. The second-order valence-electron chi connectivity index (χ2n) is 1.63. The van der Waals surface area contributed by atoms with Crippen molar-refractivity contribution in [3.63, 3.8) is 0 Å². The van der Waals surface area contributed by atoms with Crippen LogP contribution in [0.15, 0.2) is 0 Å². The van der Waals surface area contributed by atoms with Gasteiger partial charge in [0.2, 0.25) is 6.23 Å². The summed E-state index contributed by atoms with van der Waals surface area (Å²) in [7, 11) is 0. The number of hydrogen-bond donors (Lipinski definition) is 1. The van der Waals surface area contributed by atoms with E-state index in [-0.39, 0.29) is 0 Å². The Labute approximate surface area is 60.3 Å². The quantitative estimate of drug-likeness (QED) is 0.444. The van der Waals surface area contributed by atoms with Crippen LogP contribution in [0.4, 0.5) is 0 Å². The van der Waals surface area contributed by atoms with Crippen LogP contribution in [0.3, 0.4) is 0 Å². The van der Waals surface area contributed by atoms with Crippen LogP contribution in [-0.2, 0) is 14.3 Å². The average Bonchev–Trinajstić information content (AvgIpc) is 1.89. The number of hydrogen-bond acceptors (Lipinski definition) is 4. The molecule has 0 spiro atoms. The highest BCUT2D eigenvalue weighted by Gasteiger charge is 2.12. The molecule has 0 fully saturated rings. The maximum absolute atomic E-state index is 10.7. The number of esters is 1. The topological polar surface area (TPSA) is 61.5 Å². The van der Waals surface area contributed by atoms with Gasteiger partial charge in [-0.15, -0.1) is 0 Å². The zero-order chi connectivity index (χ0) is 7.98. The van der Waals surface area contributed by atoms with Crippen molar-refractivity contribution in [1.82, 2.24) is 0 Å². The minimum absolute atomic E-state index is 0.333. The Morgan fingerprint density at radius 1 is 1.50 bits per heavy atom. The van der Waals surface area contributed by atoms with E-state index in [1.165, 1.54) is 0 Å². The minimum atomic E-state index is -0.926. The molecule has 0 aromatic heterocycles. The van der Waals surface area contributed by atoms with E-state index in [2.05, 4.69) is 4.74 Å². The molecule has 0 saturated heterocycles. The standard InChI is InChI=1S/C6H13NO3/c1-3-9-5(7)6(8)10-4-2/h5H,3-4,7H2,1-2H3. The lowest BCUT2D eigenvalue weighted by Crippen LogP contribution is -2.34. The highest BCUT2D eigenvalue weighted by atomic mass is 16.6. The summed E-state index contributed by atoms with van der Waals surface area (Å²) in [5.74, 6) is -0.510. The summed E-state index contributed by atoms with van der Waals surface area (Å²) in [5.41, 5.74) is 5.22. The lowest BCUT2D eigenvalue weighted by Gasteiger charge is -2.08. The molecule has 0 aliphatic heterocycles. The fourth-order valence-corrected chi connectivity index (χ4v) is 0.472. The maximum atomic E-state index is 10.7. The summed E-state index contributed by atoms with van der Waals surface area (Å²) in [6, 6.07) is 0. The van der Waals surface area contributed by atoms with Gasteiger partial charge in [0.05, 0.1) is 6.61 Å². The largest absolute Gasteiger partial charge is 0.463 e. The molecule has 1 atom stereocenters. The predicted molar refractivity (Wildman–Crippen MR) is 36.2 cm³/mol. The van der Waals surface area contributed by atoms with Gasteiger partial charge >= 0.3 is 5.97 Å². The van der Waals surface area contributed by atoms with Gasteiger partial charge in [-0.25, -0.2) is 4.79 Å². The van der Waals surface area contributed by atoms with Gasteiger partial charge in [0.1, 0.15) is 0 Å². The molecule has 0 aromatic carbocycles. The van der Waals surface area contributed by atoms with Gasteiger partial charge in [-0.1, -0.05) is 0 Å². The predicted octanol–water partition coefficient (Wildman–Crippen LogP) is -0.129. The van der Waals surface area contributed by atoms with Crippen LogP contribution in [0.25, 0.3) is 0 Å². The third-order valence-corrected chi connectivity index (χ3v) is 0.865. The molecule has 0 bridgehead atoms. The molecule has 0 radical (unpaired) electrons. The van der Waals surface area contributed by atoms with Gasteiger partial charge in [0.15, 0.2) is 0 Å². The molecule has 0 aromatic rings. The van der Waals surface area contributed by atoms with E-state index in [1.807, 2.05) is 0 Å². The van der Waals surface area contributed by atoms with Crippen LogP contribution >= 0.6 is 0 Å². The Hall–Kier alpha value is -0.610. The summed E-state index contributed by atoms with van der Waals surface area (Å²) in [6.45, 7) is 4.23. The number of carbonyl (C=O) groups excluding carboxylic acids is 1. The summed E-state index contributed by atoms with van der Waals surface area (Å²) in [4.78, 5) is 10.7. The molecule has 0 rings (SSSR count). The second-order valence-corrected chi connectivity index (χ2v) is 1.63. The van der Waals surface area contributed by atoms with E-state index in [4.69, 9.17) is 10.5 Å². The maximum Gasteiger partial charge on any atom is 0.350 e. The number of ether oxygens (including phenoxy) is 2. The smallest absolute Gasteiger partial charge is 0.350 e. The molecule has 0 heterocycles. The van der Waals surface area contributed by atoms with Crippen molar-refractivity contribution in [2.24, 2.45) is 5.73 Å². The van der Waals surface area contributed by atoms with Gasteiger partial charge in [-0.3, -0.25) is 5.73 Å². The van der Waals surface area contributed by atoms with Gasteiger partial charge in [0.25, 0.3) is 0 Å². The van der Waals surface area contributed by atoms with E-state index in [9.17, 15) is 4.79 Å². The third-order valence-electron chi connectivity index (χ3n) is 0.865. The lowest BCUT2D eigenvalue weighted by molar-refractivity contribution is -0.156. The normalized spacial score (nSPS) is 12.7. The fourth-order valence-electron chi connectivity index (χ4n) is 0.472. The van der Waals surface area contributed by atoms with Crippen LogP contribution < -0.4 is 5.73 Å². The van der Waals surface area contributed by atoms with E-state index < -0.39 is 12.2 Å². The number of carbonyl (C=O) groups is 1. The highest BCUT2D eigenvalue weighted by Crippen LogP contribution is 1.86. The average molecular weight is 147 g/mol. The molecule has 60 valence electrons. The Bertz CT molecular complexity index is 105. The highest BCUT2D eigenvalue weighted by molar-refractivity contribution is 5.73.